The Kier molecular flexibility index (Phi) is 8.04. The number of rotatable bonds is 7. The molecule has 2 saturated heterocycles. The van der Waals surface area contributed by atoms with Gasteiger partial charge in [-0.15, -0.1) is 0 Å². The van der Waals surface area contributed by atoms with Crippen LogP contribution in [0, 0.1) is 12.8 Å². The van der Waals surface area contributed by atoms with Crippen LogP contribution in [0.1, 0.15) is 28.8 Å². The van der Waals surface area contributed by atoms with E-state index < -0.39 is 10.0 Å². The number of nitrogens with zero attached hydrogens (tertiary/aromatic N) is 2. The number of sulfonamides is 1. The van der Waals surface area contributed by atoms with Gasteiger partial charge in [-0.1, -0.05) is 6.07 Å². The highest BCUT2D eigenvalue weighted by molar-refractivity contribution is 7.89. The van der Waals surface area contributed by atoms with Gasteiger partial charge in [-0.2, -0.15) is 0 Å². The molecule has 0 radical (unpaired) electrons. The van der Waals surface area contributed by atoms with Gasteiger partial charge in [0.2, 0.25) is 15.9 Å². The van der Waals surface area contributed by atoms with Crippen LogP contribution in [0.15, 0.2) is 23.1 Å². The summed E-state index contributed by atoms with van der Waals surface area (Å²) >= 11 is 0. The molecule has 2 aliphatic rings. The third kappa shape index (κ3) is 5.82. The number of piperidine rings is 1. The number of ether oxygens (including phenoxy) is 2. The number of benzene rings is 1. The maximum absolute atomic E-state index is 13.3. The maximum Gasteiger partial charge on any atom is 0.254 e. The Bertz CT molecular complexity index is 898. The molecule has 0 bridgehead atoms. The summed E-state index contributed by atoms with van der Waals surface area (Å²) < 4.78 is 37.7. The average Bonchev–Trinajstić information content (AvgIpc) is 2.79. The highest BCUT2D eigenvalue weighted by atomic mass is 32.2. The minimum absolute atomic E-state index is 0.0375. The van der Waals surface area contributed by atoms with Crippen LogP contribution in [0.3, 0.4) is 0 Å². The Morgan fingerprint density at radius 1 is 1.19 bits per heavy atom. The lowest BCUT2D eigenvalue weighted by Crippen LogP contribution is -2.49. The molecule has 3 rings (SSSR count). The topological polar surface area (TPSA) is 105 Å². The first-order chi connectivity index (χ1) is 14.8. The number of carbonyl (C=O) groups excluding carboxylic acids is 2. The van der Waals surface area contributed by atoms with Crippen molar-refractivity contribution in [1.82, 2.24) is 14.5 Å². The second-order valence-electron chi connectivity index (χ2n) is 7.90. The molecule has 0 aromatic heterocycles. The average molecular weight is 454 g/mol. The van der Waals surface area contributed by atoms with Crippen LogP contribution in [0.2, 0.25) is 0 Å². The highest BCUT2D eigenvalue weighted by Crippen LogP contribution is 2.23. The van der Waals surface area contributed by atoms with Gasteiger partial charge in [0.25, 0.3) is 5.91 Å². The van der Waals surface area contributed by atoms with E-state index in [0.29, 0.717) is 50.5 Å². The normalized spacial score (nSPS) is 20.0. The van der Waals surface area contributed by atoms with Crippen molar-refractivity contribution in [3.05, 3.63) is 29.3 Å². The molecule has 0 spiro atoms. The molecular formula is C21H31N3O6S. The van der Waals surface area contributed by atoms with E-state index in [9.17, 15) is 18.0 Å². The SMILES string of the molecule is COCCNS(=O)(=O)c1ccc(C)c(C(=O)N2CCCC(C(=O)N3CCOCC3)C2)c1. The lowest BCUT2D eigenvalue weighted by Gasteiger charge is -2.36. The molecule has 0 saturated carbocycles. The predicted molar refractivity (Wildman–Crippen MR) is 114 cm³/mol. The first kappa shape index (κ1) is 23.6. The third-order valence-electron chi connectivity index (χ3n) is 5.73. The molecule has 1 aromatic carbocycles. The zero-order valence-corrected chi connectivity index (χ0v) is 18.9. The number of morpholine rings is 1. The number of likely N-dealkylation sites (tertiary alicyclic amines) is 1. The second kappa shape index (κ2) is 10.5. The molecule has 2 aliphatic heterocycles. The van der Waals surface area contributed by atoms with Gasteiger partial charge < -0.3 is 19.3 Å². The standard InChI is InChI=1S/C21H31N3O6S/c1-16-5-6-18(31(27,28)22-7-11-29-2)14-19(16)21(26)24-8-3-4-17(15-24)20(25)23-9-12-30-13-10-23/h5-6,14,17,22H,3-4,7-13,15H2,1-2H3. The molecular weight excluding hydrogens is 422 g/mol. The summed E-state index contributed by atoms with van der Waals surface area (Å²) in [5.41, 5.74) is 1.04. The van der Waals surface area contributed by atoms with Crippen LogP contribution >= 0.6 is 0 Å². The van der Waals surface area contributed by atoms with E-state index in [4.69, 9.17) is 9.47 Å². The number of hydrogen-bond acceptors (Lipinski definition) is 6. The lowest BCUT2D eigenvalue weighted by molar-refractivity contribution is -0.141. The van der Waals surface area contributed by atoms with Crippen LogP contribution in [-0.2, 0) is 24.3 Å². The lowest BCUT2D eigenvalue weighted by atomic mass is 9.95. The largest absolute Gasteiger partial charge is 0.383 e. The van der Waals surface area contributed by atoms with Gasteiger partial charge in [-0.25, -0.2) is 13.1 Å². The Balaban J connectivity index is 1.73. The van der Waals surface area contributed by atoms with E-state index in [1.165, 1.54) is 19.2 Å². The van der Waals surface area contributed by atoms with Crippen molar-refractivity contribution in [2.45, 2.75) is 24.7 Å². The van der Waals surface area contributed by atoms with Gasteiger partial charge in [0.15, 0.2) is 0 Å². The van der Waals surface area contributed by atoms with Gasteiger partial charge in [-0.05, 0) is 37.5 Å². The first-order valence-corrected chi connectivity index (χ1v) is 12.1. The molecule has 1 N–H and O–H groups in total. The van der Waals surface area contributed by atoms with E-state index in [2.05, 4.69) is 4.72 Å². The van der Waals surface area contributed by atoms with E-state index in [-0.39, 0.29) is 35.8 Å². The van der Waals surface area contributed by atoms with Crippen LogP contribution in [0.5, 0.6) is 0 Å². The van der Waals surface area contributed by atoms with Crippen molar-refractivity contribution in [2.24, 2.45) is 5.92 Å². The summed E-state index contributed by atoms with van der Waals surface area (Å²) in [7, 11) is -2.26. The summed E-state index contributed by atoms with van der Waals surface area (Å²) in [6, 6.07) is 4.54. The zero-order valence-electron chi connectivity index (χ0n) is 18.1. The van der Waals surface area contributed by atoms with Crippen LogP contribution in [0.4, 0.5) is 0 Å². The van der Waals surface area contributed by atoms with E-state index in [1.54, 1.807) is 17.9 Å². The number of hydrogen-bond donors (Lipinski definition) is 1. The smallest absolute Gasteiger partial charge is 0.254 e. The highest BCUT2D eigenvalue weighted by Gasteiger charge is 2.32. The second-order valence-corrected chi connectivity index (χ2v) is 9.66. The zero-order chi connectivity index (χ0) is 22.4. The van der Waals surface area contributed by atoms with Gasteiger partial charge in [-0.3, -0.25) is 9.59 Å². The maximum atomic E-state index is 13.3. The Labute approximate surface area is 183 Å². The molecule has 10 heteroatoms. The van der Waals surface area contributed by atoms with Crippen molar-refractivity contribution < 1.29 is 27.5 Å². The van der Waals surface area contributed by atoms with Gasteiger partial charge >= 0.3 is 0 Å². The Morgan fingerprint density at radius 2 is 1.94 bits per heavy atom. The number of carbonyl (C=O) groups is 2. The fourth-order valence-corrected chi connectivity index (χ4v) is 4.97. The van der Waals surface area contributed by atoms with E-state index >= 15 is 0 Å². The van der Waals surface area contributed by atoms with Crippen molar-refractivity contribution in [3.8, 4) is 0 Å². The molecule has 2 fully saturated rings. The molecule has 0 aliphatic carbocycles. The van der Waals surface area contributed by atoms with Crippen LogP contribution in [-0.4, -0.2) is 89.7 Å². The third-order valence-corrected chi connectivity index (χ3v) is 7.19. The fourth-order valence-electron chi connectivity index (χ4n) is 3.94. The van der Waals surface area contributed by atoms with E-state index in [1.807, 2.05) is 4.90 Å². The summed E-state index contributed by atoms with van der Waals surface area (Å²) in [5, 5.41) is 0. The molecule has 172 valence electrons. The van der Waals surface area contributed by atoms with Gasteiger partial charge in [0, 0.05) is 45.4 Å². The number of amides is 2. The molecule has 1 atom stereocenters. The summed E-state index contributed by atoms with van der Waals surface area (Å²) in [4.78, 5) is 29.6. The predicted octanol–water partition coefficient (Wildman–Crippen LogP) is 0.631. The number of nitrogens with one attached hydrogen (secondary N) is 1. The van der Waals surface area contributed by atoms with Gasteiger partial charge in [0.1, 0.15) is 0 Å². The minimum atomic E-state index is -3.75. The summed E-state index contributed by atoms with van der Waals surface area (Å²) in [6.45, 7) is 5.32. The molecule has 1 unspecified atom stereocenters. The van der Waals surface area contributed by atoms with Crippen molar-refractivity contribution >= 4 is 21.8 Å². The number of aryl methyl sites for hydroxylation is 1. The Hall–Kier alpha value is -2.01. The van der Waals surface area contributed by atoms with Crippen LogP contribution in [0.25, 0.3) is 0 Å². The monoisotopic (exact) mass is 453 g/mol. The molecule has 9 nitrogen and oxygen atoms in total. The fraction of sp³-hybridized carbons (Fsp3) is 0.619. The molecule has 2 heterocycles. The van der Waals surface area contributed by atoms with Crippen molar-refractivity contribution in [2.75, 3.05) is 59.7 Å². The minimum Gasteiger partial charge on any atom is -0.383 e. The molecule has 31 heavy (non-hydrogen) atoms. The van der Waals surface area contributed by atoms with Crippen molar-refractivity contribution in [1.29, 1.82) is 0 Å². The Morgan fingerprint density at radius 3 is 2.65 bits per heavy atom. The summed E-state index contributed by atoms with van der Waals surface area (Å²) in [6.07, 6.45) is 1.49. The van der Waals surface area contributed by atoms with Crippen LogP contribution < -0.4 is 4.72 Å². The first-order valence-electron chi connectivity index (χ1n) is 10.6. The summed E-state index contributed by atoms with van der Waals surface area (Å²) in [5.74, 6) is -0.416. The van der Waals surface area contributed by atoms with E-state index in [0.717, 1.165) is 12.8 Å². The quantitative estimate of drug-likeness (QED) is 0.607. The van der Waals surface area contributed by atoms with Crippen molar-refractivity contribution in [3.63, 3.8) is 0 Å². The number of methoxy groups -OCH3 is 1. The molecule has 2 amide bonds. The molecule has 1 aromatic rings. The van der Waals surface area contributed by atoms with Gasteiger partial charge in [0.05, 0.1) is 30.6 Å².